The van der Waals surface area contributed by atoms with Crippen LogP contribution >= 0.6 is 10.2 Å². The lowest BCUT2D eigenvalue weighted by molar-refractivity contribution is 0.362. The molecule has 0 aliphatic carbocycles. The number of hydrogen-bond acceptors (Lipinski definition) is 4. The number of hydrogen-bond donors (Lipinski definition) is 2. The van der Waals surface area contributed by atoms with Crippen LogP contribution in [-0.4, -0.2) is 9.97 Å². The molecule has 0 unspecified atom stereocenters. The van der Waals surface area contributed by atoms with Crippen LogP contribution in [0.1, 0.15) is 0 Å². The smallest absolute Gasteiger partial charge is 0.310 e. The Balaban J connectivity index is 2.45. The Labute approximate surface area is 114 Å². The van der Waals surface area contributed by atoms with Gasteiger partial charge in [0.15, 0.2) is 5.69 Å². The number of halogens is 5. The van der Waals surface area contributed by atoms with Crippen LogP contribution < -0.4 is 16.0 Å². The van der Waals surface area contributed by atoms with E-state index in [1.54, 1.807) is 0 Å². The Bertz CT molecular complexity index is 759. The number of rotatable bonds is 3. The lowest BCUT2D eigenvalue weighted by Gasteiger charge is -2.40. The van der Waals surface area contributed by atoms with E-state index in [1.807, 2.05) is 0 Å². The van der Waals surface area contributed by atoms with Gasteiger partial charge in [0.25, 0.3) is 5.56 Å². The quantitative estimate of drug-likeness (QED) is 0.839. The summed E-state index contributed by atoms with van der Waals surface area (Å²) in [5, 5.41) is 0. The molecule has 0 radical (unpaired) electrons. The molecule has 2 aromatic rings. The van der Waals surface area contributed by atoms with E-state index in [9.17, 15) is 24.2 Å². The first-order valence-corrected chi connectivity index (χ1v) is 7.17. The monoisotopic (exact) mass is 329 g/mol. The minimum Gasteiger partial charge on any atom is -0.437 e. The van der Waals surface area contributed by atoms with Crippen molar-refractivity contribution >= 4 is 15.9 Å². The highest BCUT2D eigenvalue weighted by Crippen LogP contribution is 3.02. The molecule has 0 atom stereocenters. The number of aromatic nitrogens is 2. The first-order chi connectivity index (χ1) is 9.36. The number of nitrogens with one attached hydrogen (secondary N) is 1. The Morgan fingerprint density at radius 1 is 1.19 bits per heavy atom. The van der Waals surface area contributed by atoms with Gasteiger partial charge in [-0.2, -0.15) is 0 Å². The topological polar surface area (TPSA) is 81.0 Å². The van der Waals surface area contributed by atoms with E-state index in [-0.39, 0.29) is 12.1 Å². The van der Waals surface area contributed by atoms with Crippen LogP contribution in [0, 0.1) is 0 Å². The van der Waals surface area contributed by atoms with E-state index >= 15 is 0 Å². The van der Waals surface area contributed by atoms with Gasteiger partial charge in [-0.25, -0.2) is 4.98 Å². The van der Waals surface area contributed by atoms with Crippen molar-refractivity contribution in [3.05, 3.63) is 40.9 Å². The summed E-state index contributed by atoms with van der Waals surface area (Å²) in [5.74, 6) is -1.07. The van der Waals surface area contributed by atoms with Gasteiger partial charge < -0.3 is 15.5 Å². The molecule has 0 aliphatic heterocycles. The zero-order valence-electron chi connectivity index (χ0n) is 10.0. The van der Waals surface area contributed by atoms with Crippen LogP contribution in [0.25, 0.3) is 0 Å². The average molecular weight is 329 g/mol. The second kappa shape index (κ2) is 3.87. The van der Waals surface area contributed by atoms with E-state index in [1.165, 1.54) is 0 Å². The number of aromatic amines is 1. The largest absolute Gasteiger partial charge is 0.437 e. The van der Waals surface area contributed by atoms with Crippen molar-refractivity contribution < 1.29 is 24.2 Å². The summed E-state index contributed by atoms with van der Waals surface area (Å²) >= 11 is 0. The van der Waals surface area contributed by atoms with Gasteiger partial charge in [-0.15, -0.1) is 0 Å². The maximum absolute atomic E-state index is 12.7. The van der Waals surface area contributed by atoms with Gasteiger partial charge in [-0.05, 0) is 12.1 Å². The minimum absolute atomic E-state index is 0.115. The van der Waals surface area contributed by atoms with Crippen LogP contribution in [0.2, 0.25) is 0 Å². The molecule has 0 bridgehead atoms. The number of nitrogens with zero attached hydrogens (tertiary/aromatic N) is 1. The molecule has 3 N–H and O–H groups in total. The zero-order valence-corrected chi connectivity index (χ0v) is 10.8. The number of H-pyrrole nitrogens is 1. The third-order valence-corrected chi connectivity index (χ3v) is 3.46. The predicted octanol–water partition coefficient (Wildman–Crippen LogP) is 3.80. The number of nitrogens with two attached hydrogens (primary N) is 1. The van der Waals surface area contributed by atoms with Crippen LogP contribution in [0.4, 0.5) is 25.1 Å². The normalized spacial score (nSPS) is 15.1. The highest BCUT2D eigenvalue weighted by Gasteiger charge is 2.65. The van der Waals surface area contributed by atoms with Crippen LogP contribution in [0.3, 0.4) is 0 Å². The summed E-state index contributed by atoms with van der Waals surface area (Å²) in [5.41, 5.74) is 4.05. The molecule has 0 saturated heterocycles. The SMILES string of the molecule is Nc1c(Oc2cccc(S(F)(F)(F)(F)F)c2)nc[nH]c1=O. The minimum atomic E-state index is -9.81. The molecule has 11 heteroatoms. The maximum atomic E-state index is 12.7. The molecule has 116 valence electrons. The lowest BCUT2D eigenvalue weighted by Crippen LogP contribution is -2.13. The molecule has 1 heterocycles. The maximum Gasteiger partial charge on any atom is 0.310 e. The Morgan fingerprint density at radius 2 is 1.86 bits per heavy atom. The number of anilines is 1. The fourth-order valence-corrected chi connectivity index (χ4v) is 2.04. The number of ether oxygens (including phenoxy) is 1. The highest BCUT2D eigenvalue weighted by atomic mass is 32.5. The summed E-state index contributed by atoms with van der Waals surface area (Å²) in [4.78, 5) is 14.7. The Hall–Kier alpha value is -2.30. The molecule has 0 saturated carbocycles. The van der Waals surface area contributed by atoms with Gasteiger partial charge in [0.1, 0.15) is 10.6 Å². The summed E-state index contributed by atoms with van der Waals surface area (Å²) in [7, 11) is -9.81. The first-order valence-electron chi connectivity index (χ1n) is 5.22. The van der Waals surface area contributed by atoms with Crippen LogP contribution in [0.15, 0.2) is 40.3 Å². The van der Waals surface area contributed by atoms with Gasteiger partial charge in [0.05, 0.1) is 6.33 Å². The molecular formula is C10H8F5N3O2S. The Kier molecular flexibility index (Phi) is 2.78. The lowest BCUT2D eigenvalue weighted by atomic mass is 10.3. The number of benzene rings is 1. The molecule has 21 heavy (non-hydrogen) atoms. The summed E-state index contributed by atoms with van der Waals surface area (Å²) in [6, 6.07) is 2.08. The second-order valence-electron chi connectivity index (χ2n) is 4.00. The molecule has 1 aromatic carbocycles. The second-order valence-corrected chi connectivity index (χ2v) is 6.41. The third kappa shape index (κ3) is 3.42. The fourth-order valence-electron chi connectivity index (χ4n) is 1.36. The van der Waals surface area contributed by atoms with E-state index in [2.05, 4.69) is 9.97 Å². The van der Waals surface area contributed by atoms with Gasteiger partial charge >= 0.3 is 10.2 Å². The molecular weight excluding hydrogens is 321 g/mol. The van der Waals surface area contributed by atoms with E-state index in [0.29, 0.717) is 0 Å². The van der Waals surface area contributed by atoms with Crippen molar-refractivity contribution in [1.29, 1.82) is 0 Å². The molecule has 0 spiro atoms. The van der Waals surface area contributed by atoms with Crippen molar-refractivity contribution in [2.45, 2.75) is 4.90 Å². The molecule has 2 rings (SSSR count). The van der Waals surface area contributed by atoms with Crippen molar-refractivity contribution in [2.24, 2.45) is 0 Å². The summed E-state index contributed by atoms with van der Waals surface area (Å²) in [6.07, 6.45) is 0.905. The number of nitrogen functional groups attached to an aromatic ring is 1. The van der Waals surface area contributed by atoms with E-state index in [0.717, 1.165) is 18.5 Å². The zero-order chi connectivity index (χ0) is 16.0. The molecule has 0 amide bonds. The van der Waals surface area contributed by atoms with Gasteiger partial charge in [-0.1, -0.05) is 25.5 Å². The van der Waals surface area contributed by atoms with E-state index in [4.69, 9.17) is 10.5 Å². The van der Waals surface area contributed by atoms with Gasteiger partial charge in [0, 0.05) is 6.07 Å². The Morgan fingerprint density at radius 3 is 2.48 bits per heavy atom. The molecule has 1 aromatic heterocycles. The van der Waals surface area contributed by atoms with Crippen molar-refractivity contribution in [2.75, 3.05) is 5.73 Å². The summed E-state index contributed by atoms with van der Waals surface area (Å²) in [6.45, 7) is 0. The third-order valence-electron chi connectivity index (χ3n) is 2.32. The van der Waals surface area contributed by atoms with Crippen molar-refractivity contribution in [3.63, 3.8) is 0 Å². The summed E-state index contributed by atoms with van der Waals surface area (Å²) < 4.78 is 68.1. The molecule has 0 aliphatic rings. The standard InChI is InChI=1S/C10H8F5N3O2S/c11-21(12,13,14,15)7-3-1-2-6(4-7)20-10-8(16)9(19)17-5-18-10/h1-5H,16H2,(H,17,18,19). The van der Waals surface area contributed by atoms with Crippen molar-refractivity contribution in [3.8, 4) is 11.6 Å². The van der Waals surface area contributed by atoms with Crippen LogP contribution in [0.5, 0.6) is 11.6 Å². The molecule has 5 nitrogen and oxygen atoms in total. The highest BCUT2D eigenvalue weighted by molar-refractivity contribution is 8.45. The van der Waals surface area contributed by atoms with E-state index < -0.39 is 38.0 Å². The van der Waals surface area contributed by atoms with Gasteiger partial charge in [0.2, 0.25) is 5.88 Å². The predicted molar refractivity (Wildman–Crippen MR) is 67.2 cm³/mol. The average Bonchev–Trinajstić information content (AvgIpc) is 2.33. The molecule has 0 fully saturated rings. The van der Waals surface area contributed by atoms with Crippen molar-refractivity contribution in [1.82, 2.24) is 9.97 Å². The van der Waals surface area contributed by atoms with Gasteiger partial charge in [-0.3, -0.25) is 4.79 Å². The fraction of sp³-hybridized carbons (Fsp3) is 0. The van der Waals surface area contributed by atoms with Crippen LogP contribution in [-0.2, 0) is 0 Å². The first kappa shape index (κ1) is 15.1.